The van der Waals surface area contributed by atoms with Crippen molar-refractivity contribution in [3.8, 4) is 0 Å². The van der Waals surface area contributed by atoms with Crippen molar-refractivity contribution in [1.82, 2.24) is 5.32 Å². The number of hydrogen-bond donors (Lipinski definition) is 1. The zero-order valence-electron chi connectivity index (χ0n) is 9.28. The molecule has 1 heterocycles. The maximum atomic E-state index is 3.87. The third-order valence-corrected chi connectivity index (χ3v) is 4.74. The van der Waals surface area contributed by atoms with E-state index in [4.69, 9.17) is 0 Å². The average Bonchev–Trinajstić information content (AvgIpc) is 3.15. The van der Waals surface area contributed by atoms with E-state index in [-0.39, 0.29) is 0 Å². The van der Waals surface area contributed by atoms with Gasteiger partial charge in [0.1, 0.15) is 0 Å². The molecule has 0 spiro atoms. The summed E-state index contributed by atoms with van der Waals surface area (Å²) in [5, 5.41) is 6.07. The van der Waals surface area contributed by atoms with Crippen molar-refractivity contribution < 1.29 is 0 Å². The van der Waals surface area contributed by atoms with E-state index < -0.39 is 0 Å². The quantitative estimate of drug-likeness (QED) is 0.801. The van der Waals surface area contributed by atoms with Gasteiger partial charge in [0.15, 0.2) is 0 Å². The highest BCUT2D eigenvalue weighted by Crippen LogP contribution is 2.45. The molecule has 0 amide bonds. The highest BCUT2D eigenvalue weighted by atomic mass is 32.1. The predicted molar refractivity (Wildman–Crippen MR) is 65.1 cm³/mol. The summed E-state index contributed by atoms with van der Waals surface area (Å²) in [4.78, 5) is 1.55. The van der Waals surface area contributed by atoms with Crippen LogP contribution in [0.25, 0.3) is 0 Å². The molecule has 0 aromatic carbocycles. The zero-order valence-corrected chi connectivity index (χ0v) is 10.1. The second-order valence-corrected chi connectivity index (χ2v) is 5.99. The molecule has 1 N–H and O–H groups in total. The van der Waals surface area contributed by atoms with Crippen LogP contribution in [0.3, 0.4) is 0 Å². The summed E-state index contributed by atoms with van der Waals surface area (Å²) in [6, 6.07) is 5.97. The van der Waals surface area contributed by atoms with Gasteiger partial charge in [0.2, 0.25) is 0 Å². The summed E-state index contributed by atoms with van der Waals surface area (Å²) >= 11 is 1.92. The third kappa shape index (κ3) is 2.11. The van der Waals surface area contributed by atoms with Crippen LogP contribution in [0.1, 0.15) is 43.5 Å². The van der Waals surface area contributed by atoms with Gasteiger partial charge in [-0.2, -0.15) is 0 Å². The average molecular weight is 221 g/mol. The Kier molecular flexibility index (Phi) is 2.57. The van der Waals surface area contributed by atoms with Crippen molar-refractivity contribution in [1.29, 1.82) is 0 Å². The third-order valence-electron chi connectivity index (χ3n) is 3.78. The van der Waals surface area contributed by atoms with Gasteiger partial charge < -0.3 is 5.32 Å². The van der Waals surface area contributed by atoms with Gasteiger partial charge in [0, 0.05) is 17.0 Å². The highest BCUT2D eigenvalue weighted by Gasteiger charge is 2.41. The lowest BCUT2D eigenvalue weighted by molar-refractivity contribution is 0.467. The van der Waals surface area contributed by atoms with Crippen molar-refractivity contribution in [2.45, 2.75) is 44.7 Å². The van der Waals surface area contributed by atoms with E-state index in [1.165, 1.54) is 25.7 Å². The molecule has 3 atom stereocenters. The molecule has 82 valence electrons. The van der Waals surface area contributed by atoms with Gasteiger partial charge in [0.05, 0.1) is 0 Å². The molecular weight excluding hydrogens is 202 g/mol. The van der Waals surface area contributed by atoms with Gasteiger partial charge in [-0.05, 0) is 42.5 Å². The summed E-state index contributed by atoms with van der Waals surface area (Å²) in [6.07, 6.45) is 5.61. The van der Waals surface area contributed by atoms with E-state index in [1.807, 2.05) is 11.3 Å². The van der Waals surface area contributed by atoms with Crippen LogP contribution in [0.15, 0.2) is 17.5 Å². The van der Waals surface area contributed by atoms with Crippen LogP contribution >= 0.6 is 11.3 Å². The fourth-order valence-corrected chi connectivity index (χ4v) is 3.36. The van der Waals surface area contributed by atoms with Crippen molar-refractivity contribution in [3.05, 3.63) is 22.4 Å². The van der Waals surface area contributed by atoms with Gasteiger partial charge in [-0.15, -0.1) is 11.3 Å². The Bertz CT molecular complexity index is 315. The first-order valence-corrected chi connectivity index (χ1v) is 7.06. The molecule has 1 nitrogen and oxygen atoms in total. The minimum Gasteiger partial charge on any atom is -0.306 e. The van der Waals surface area contributed by atoms with E-state index in [2.05, 4.69) is 29.8 Å². The smallest absolute Gasteiger partial charge is 0.0445 e. The molecule has 1 aromatic rings. The monoisotopic (exact) mass is 221 g/mol. The molecule has 0 saturated heterocycles. The van der Waals surface area contributed by atoms with Crippen LogP contribution in [-0.2, 0) is 0 Å². The summed E-state index contributed by atoms with van der Waals surface area (Å²) in [5.74, 6) is 1.90. The number of rotatable bonds is 5. The Morgan fingerprint density at radius 1 is 1.53 bits per heavy atom. The number of hydrogen-bond acceptors (Lipinski definition) is 2. The second kappa shape index (κ2) is 3.91. The molecule has 0 radical (unpaired) electrons. The Hall–Kier alpha value is -0.340. The molecule has 0 aliphatic heterocycles. The van der Waals surface area contributed by atoms with E-state index in [0.717, 1.165) is 17.9 Å². The number of nitrogens with one attached hydrogen (secondary N) is 1. The number of thiophene rings is 1. The molecule has 2 fully saturated rings. The highest BCUT2D eigenvalue weighted by molar-refractivity contribution is 7.10. The molecule has 3 rings (SSSR count). The topological polar surface area (TPSA) is 12.0 Å². The van der Waals surface area contributed by atoms with Crippen molar-refractivity contribution >= 4 is 11.3 Å². The summed E-state index contributed by atoms with van der Waals surface area (Å²) in [5.41, 5.74) is 0. The van der Waals surface area contributed by atoms with Gasteiger partial charge in [-0.1, -0.05) is 19.4 Å². The summed E-state index contributed by atoms with van der Waals surface area (Å²) in [6.45, 7) is 2.31. The fraction of sp³-hybridized carbons (Fsp3) is 0.692. The maximum absolute atomic E-state index is 3.87. The molecule has 2 aliphatic carbocycles. The zero-order chi connectivity index (χ0) is 10.3. The first kappa shape index (κ1) is 9.86. The van der Waals surface area contributed by atoms with Gasteiger partial charge >= 0.3 is 0 Å². The van der Waals surface area contributed by atoms with Crippen molar-refractivity contribution in [2.24, 2.45) is 11.8 Å². The minimum atomic E-state index is 0.673. The fourth-order valence-electron chi connectivity index (χ4n) is 2.48. The SMILES string of the molecule is CCC1CC1NC(c1cccs1)C1CC1. The molecule has 1 aromatic heterocycles. The van der Waals surface area contributed by atoms with Gasteiger partial charge in [0.25, 0.3) is 0 Å². The Morgan fingerprint density at radius 3 is 2.93 bits per heavy atom. The first-order valence-electron chi connectivity index (χ1n) is 6.18. The molecule has 0 bridgehead atoms. The standard InChI is InChI=1S/C13H19NS/c1-2-9-8-11(9)14-13(10-5-6-10)12-4-3-7-15-12/h3-4,7,9-11,13-14H,2,5-6,8H2,1H3. The molecule has 2 heteroatoms. The van der Waals surface area contributed by atoms with Crippen LogP contribution in [-0.4, -0.2) is 6.04 Å². The first-order chi connectivity index (χ1) is 7.38. The van der Waals surface area contributed by atoms with Crippen LogP contribution in [0, 0.1) is 11.8 Å². The molecule has 15 heavy (non-hydrogen) atoms. The van der Waals surface area contributed by atoms with Gasteiger partial charge in [-0.3, -0.25) is 0 Å². The van der Waals surface area contributed by atoms with Gasteiger partial charge in [-0.25, -0.2) is 0 Å². The van der Waals surface area contributed by atoms with Crippen LogP contribution in [0.4, 0.5) is 0 Å². The van der Waals surface area contributed by atoms with E-state index in [9.17, 15) is 0 Å². The Labute approximate surface area is 95.9 Å². The van der Waals surface area contributed by atoms with E-state index in [1.54, 1.807) is 4.88 Å². The Balaban J connectivity index is 1.65. The van der Waals surface area contributed by atoms with E-state index in [0.29, 0.717) is 6.04 Å². The molecule has 3 unspecified atom stereocenters. The van der Waals surface area contributed by atoms with Crippen LogP contribution in [0.5, 0.6) is 0 Å². The lowest BCUT2D eigenvalue weighted by Gasteiger charge is -2.16. The maximum Gasteiger partial charge on any atom is 0.0445 e. The lowest BCUT2D eigenvalue weighted by atomic mass is 10.1. The predicted octanol–water partition coefficient (Wildman–Crippen LogP) is 3.59. The van der Waals surface area contributed by atoms with Crippen LogP contribution in [0.2, 0.25) is 0 Å². The lowest BCUT2D eigenvalue weighted by Crippen LogP contribution is -2.25. The molecular formula is C13H19NS. The summed E-state index contributed by atoms with van der Waals surface area (Å²) in [7, 11) is 0. The Morgan fingerprint density at radius 2 is 2.40 bits per heavy atom. The second-order valence-electron chi connectivity index (χ2n) is 5.01. The van der Waals surface area contributed by atoms with Crippen molar-refractivity contribution in [2.75, 3.05) is 0 Å². The van der Waals surface area contributed by atoms with E-state index >= 15 is 0 Å². The summed E-state index contributed by atoms with van der Waals surface area (Å²) < 4.78 is 0. The van der Waals surface area contributed by atoms with Crippen molar-refractivity contribution in [3.63, 3.8) is 0 Å². The van der Waals surface area contributed by atoms with Crippen LogP contribution < -0.4 is 5.32 Å². The molecule has 2 saturated carbocycles. The molecule has 2 aliphatic rings. The normalized spacial score (nSPS) is 31.5. The minimum absolute atomic E-state index is 0.673. The largest absolute Gasteiger partial charge is 0.306 e.